The van der Waals surface area contributed by atoms with Gasteiger partial charge in [-0.3, -0.25) is 0 Å². The third-order valence-corrected chi connectivity index (χ3v) is 7.97. The minimum absolute atomic E-state index is 0.986. The highest BCUT2D eigenvalue weighted by Crippen LogP contribution is 2.49. The predicted molar refractivity (Wildman–Crippen MR) is 159 cm³/mol. The highest BCUT2D eigenvalue weighted by molar-refractivity contribution is 6.18. The lowest BCUT2D eigenvalue weighted by Gasteiger charge is -2.11. The quantitative estimate of drug-likeness (QED) is 0.244. The summed E-state index contributed by atoms with van der Waals surface area (Å²) >= 11 is 0. The Kier molecular flexibility index (Phi) is 4.47. The van der Waals surface area contributed by atoms with Crippen molar-refractivity contribution in [2.45, 2.75) is 0 Å². The molecule has 6 aromatic carbocycles. The van der Waals surface area contributed by atoms with Crippen molar-refractivity contribution in [3.8, 4) is 55.9 Å². The number of aryl methyl sites for hydroxylation is 1. The third-order valence-electron chi connectivity index (χ3n) is 7.97. The maximum Gasteiger partial charge on any atom is 0.140 e. The minimum atomic E-state index is 0.986. The summed E-state index contributed by atoms with van der Waals surface area (Å²) < 4.78 is 2.18. The van der Waals surface area contributed by atoms with Gasteiger partial charge in [0.2, 0.25) is 0 Å². The van der Waals surface area contributed by atoms with Crippen molar-refractivity contribution < 1.29 is 0 Å². The molecular weight excluding hydrogens is 460 g/mol. The Bertz CT molecular complexity index is 2000. The van der Waals surface area contributed by atoms with Gasteiger partial charge in [0, 0.05) is 12.6 Å². The van der Waals surface area contributed by atoms with Gasteiger partial charge in [0.25, 0.3) is 0 Å². The molecule has 0 fully saturated rings. The van der Waals surface area contributed by atoms with E-state index in [4.69, 9.17) is 4.98 Å². The van der Waals surface area contributed by atoms with Crippen LogP contribution in [0.1, 0.15) is 0 Å². The maximum atomic E-state index is 5.00. The second kappa shape index (κ2) is 8.03. The number of hydrogen-bond acceptors (Lipinski definition) is 1. The lowest BCUT2D eigenvalue weighted by atomic mass is 9.92. The van der Waals surface area contributed by atoms with Gasteiger partial charge in [-0.2, -0.15) is 0 Å². The van der Waals surface area contributed by atoms with Gasteiger partial charge in [0.15, 0.2) is 0 Å². The van der Waals surface area contributed by atoms with E-state index in [2.05, 4.69) is 133 Å². The molecule has 7 aromatic rings. The minimum Gasteiger partial charge on any atom is -0.327 e. The predicted octanol–water partition coefficient (Wildman–Crippen LogP) is 9.37. The van der Waals surface area contributed by atoms with Crippen LogP contribution in [0.3, 0.4) is 0 Å². The lowest BCUT2D eigenvalue weighted by molar-refractivity contribution is 0.959. The molecule has 1 heterocycles. The molecule has 1 aliphatic rings. The van der Waals surface area contributed by atoms with Crippen LogP contribution in [0, 0.1) is 0 Å². The zero-order valence-corrected chi connectivity index (χ0v) is 21.0. The van der Waals surface area contributed by atoms with Crippen LogP contribution in [-0.2, 0) is 7.05 Å². The SMILES string of the molecule is Cn1c(-c2ccccc2)nc2cc(-c3cccc(-c4ccc5c6c(cccc46)-c4ccccc4-5)c3)ccc21. The first-order valence-electron chi connectivity index (χ1n) is 13.0. The van der Waals surface area contributed by atoms with Crippen LogP contribution in [0.15, 0.2) is 127 Å². The van der Waals surface area contributed by atoms with Crippen LogP contribution in [0.5, 0.6) is 0 Å². The molecule has 2 nitrogen and oxygen atoms in total. The molecule has 0 N–H and O–H groups in total. The molecule has 0 aliphatic heterocycles. The molecule has 0 radical (unpaired) electrons. The number of aromatic nitrogens is 2. The van der Waals surface area contributed by atoms with Crippen molar-refractivity contribution in [2.75, 3.05) is 0 Å². The van der Waals surface area contributed by atoms with Gasteiger partial charge in [-0.1, -0.05) is 109 Å². The van der Waals surface area contributed by atoms with Crippen LogP contribution < -0.4 is 0 Å². The highest BCUT2D eigenvalue weighted by atomic mass is 15.1. The van der Waals surface area contributed by atoms with Crippen molar-refractivity contribution in [3.63, 3.8) is 0 Å². The van der Waals surface area contributed by atoms with E-state index in [9.17, 15) is 0 Å². The molecule has 0 atom stereocenters. The number of benzene rings is 6. The summed E-state index contributed by atoms with van der Waals surface area (Å²) in [6.45, 7) is 0. The zero-order valence-electron chi connectivity index (χ0n) is 21.0. The molecule has 8 rings (SSSR count). The van der Waals surface area contributed by atoms with Crippen molar-refractivity contribution in [1.82, 2.24) is 9.55 Å². The Morgan fingerprint density at radius 2 is 1.11 bits per heavy atom. The molecule has 0 saturated carbocycles. The largest absolute Gasteiger partial charge is 0.327 e. The summed E-state index contributed by atoms with van der Waals surface area (Å²) in [6.07, 6.45) is 0. The molecule has 0 spiro atoms. The normalized spacial score (nSPS) is 11.8. The van der Waals surface area contributed by atoms with Gasteiger partial charge in [0.05, 0.1) is 11.0 Å². The molecule has 178 valence electrons. The first kappa shape index (κ1) is 21.2. The summed E-state index contributed by atoms with van der Waals surface area (Å²) in [5.41, 5.74) is 13.5. The van der Waals surface area contributed by atoms with E-state index in [0.29, 0.717) is 0 Å². The third kappa shape index (κ3) is 3.04. The molecule has 0 unspecified atom stereocenters. The Hall–Kier alpha value is -4.95. The smallest absolute Gasteiger partial charge is 0.140 e. The number of hydrogen-bond donors (Lipinski definition) is 0. The summed E-state index contributed by atoms with van der Waals surface area (Å²) in [5, 5.41) is 2.67. The average molecular weight is 485 g/mol. The van der Waals surface area contributed by atoms with Crippen LogP contribution >= 0.6 is 0 Å². The second-order valence-corrected chi connectivity index (χ2v) is 10.1. The molecule has 0 saturated heterocycles. The maximum absolute atomic E-state index is 5.00. The fraction of sp³-hybridized carbons (Fsp3) is 0.0278. The molecule has 1 aromatic heterocycles. The molecule has 1 aliphatic carbocycles. The van der Waals surface area contributed by atoms with Gasteiger partial charge in [-0.15, -0.1) is 0 Å². The monoisotopic (exact) mass is 484 g/mol. The number of nitrogens with zero attached hydrogens (tertiary/aromatic N) is 2. The van der Waals surface area contributed by atoms with E-state index < -0.39 is 0 Å². The molecule has 2 heteroatoms. The van der Waals surface area contributed by atoms with E-state index in [1.165, 1.54) is 55.3 Å². The van der Waals surface area contributed by atoms with Crippen LogP contribution in [0.4, 0.5) is 0 Å². The Morgan fingerprint density at radius 3 is 1.95 bits per heavy atom. The van der Waals surface area contributed by atoms with E-state index in [0.717, 1.165) is 22.4 Å². The van der Waals surface area contributed by atoms with E-state index in [-0.39, 0.29) is 0 Å². The topological polar surface area (TPSA) is 17.8 Å². The molecular formula is C36H24N2. The first-order chi connectivity index (χ1) is 18.8. The van der Waals surface area contributed by atoms with E-state index >= 15 is 0 Å². The van der Waals surface area contributed by atoms with Crippen molar-refractivity contribution in [3.05, 3.63) is 127 Å². The first-order valence-corrected chi connectivity index (χ1v) is 13.0. The van der Waals surface area contributed by atoms with Crippen LogP contribution in [-0.4, -0.2) is 9.55 Å². The number of rotatable bonds is 3. The fourth-order valence-corrected chi connectivity index (χ4v) is 6.15. The summed E-state index contributed by atoms with van der Waals surface area (Å²) in [4.78, 5) is 5.00. The standard InChI is InChI=1S/C36H24N2/c1-38-34-20-17-25(22-33(34)37-36(38)23-9-3-2-4-10-23)24-11-7-12-26(21-24)27-18-19-32-29-14-6-5-13-28(29)31-16-8-15-30(27)35(31)32/h2-22H,1H3. The Balaban J connectivity index is 1.25. The molecule has 0 bridgehead atoms. The van der Waals surface area contributed by atoms with Gasteiger partial charge in [0.1, 0.15) is 5.82 Å². The van der Waals surface area contributed by atoms with Gasteiger partial charge in [-0.25, -0.2) is 4.98 Å². The number of imidazole rings is 1. The summed E-state index contributed by atoms with van der Waals surface area (Å²) in [5.74, 6) is 0.986. The lowest BCUT2D eigenvalue weighted by Crippen LogP contribution is -1.91. The van der Waals surface area contributed by atoms with E-state index in [1.54, 1.807) is 0 Å². The van der Waals surface area contributed by atoms with Crippen LogP contribution in [0.25, 0.3) is 77.7 Å². The summed E-state index contributed by atoms with van der Waals surface area (Å²) in [6, 6.07) is 45.9. The summed E-state index contributed by atoms with van der Waals surface area (Å²) in [7, 11) is 2.09. The van der Waals surface area contributed by atoms with Crippen molar-refractivity contribution in [1.29, 1.82) is 0 Å². The molecule has 0 amide bonds. The average Bonchev–Trinajstić information content (AvgIpc) is 3.49. The van der Waals surface area contributed by atoms with Crippen molar-refractivity contribution >= 4 is 21.8 Å². The molecule has 38 heavy (non-hydrogen) atoms. The van der Waals surface area contributed by atoms with Gasteiger partial charge in [-0.05, 0) is 73.5 Å². The van der Waals surface area contributed by atoms with Crippen LogP contribution in [0.2, 0.25) is 0 Å². The Morgan fingerprint density at radius 1 is 0.474 bits per heavy atom. The number of fused-ring (bicyclic) bond motifs is 4. The second-order valence-electron chi connectivity index (χ2n) is 10.1. The van der Waals surface area contributed by atoms with Gasteiger partial charge < -0.3 is 4.57 Å². The van der Waals surface area contributed by atoms with Gasteiger partial charge >= 0.3 is 0 Å². The van der Waals surface area contributed by atoms with E-state index in [1.807, 2.05) is 6.07 Å². The Labute approximate surface area is 221 Å². The highest BCUT2D eigenvalue weighted by Gasteiger charge is 2.22. The van der Waals surface area contributed by atoms with Crippen molar-refractivity contribution in [2.24, 2.45) is 7.05 Å². The fourth-order valence-electron chi connectivity index (χ4n) is 6.15. The zero-order chi connectivity index (χ0) is 25.2.